The van der Waals surface area contributed by atoms with Crippen LogP contribution in [0.5, 0.6) is 0 Å². The highest BCUT2D eigenvalue weighted by molar-refractivity contribution is 6.27. The zero-order valence-corrected chi connectivity index (χ0v) is 30.7. The second-order valence-corrected chi connectivity index (χ2v) is 14.7. The van der Waals surface area contributed by atoms with Crippen molar-refractivity contribution in [1.82, 2.24) is 9.55 Å². The monoisotopic (exact) mass is 728 g/mol. The van der Waals surface area contributed by atoms with Gasteiger partial charge in [-0.15, -0.1) is 0 Å². The van der Waals surface area contributed by atoms with Gasteiger partial charge in [0, 0.05) is 49.1 Å². The molecule has 57 heavy (non-hydrogen) atoms. The van der Waals surface area contributed by atoms with Crippen molar-refractivity contribution in [3.05, 3.63) is 194 Å². The minimum atomic E-state index is 0.843. The summed E-state index contributed by atoms with van der Waals surface area (Å²) >= 11 is 0. The Morgan fingerprint density at radius 1 is 0.351 bits per heavy atom. The summed E-state index contributed by atoms with van der Waals surface area (Å²) in [5.74, 6) is 0. The Bertz CT molecular complexity index is 3500. The molecule has 12 aromatic rings. The van der Waals surface area contributed by atoms with Crippen molar-refractivity contribution in [2.24, 2.45) is 0 Å². The number of aromatic nitrogens is 2. The molecule has 0 unspecified atom stereocenters. The van der Waals surface area contributed by atoms with Crippen LogP contribution in [0.4, 0.5) is 0 Å². The van der Waals surface area contributed by atoms with Gasteiger partial charge in [-0.3, -0.25) is 0 Å². The van der Waals surface area contributed by atoms with E-state index in [0.717, 1.165) is 94.2 Å². The maximum Gasteiger partial charge on any atom is 0.144 e. The van der Waals surface area contributed by atoms with Crippen LogP contribution in [0, 0.1) is 0 Å². The van der Waals surface area contributed by atoms with E-state index in [4.69, 9.17) is 13.8 Å². The average molecular weight is 729 g/mol. The number of para-hydroxylation sites is 4. The molecule has 266 valence electrons. The van der Waals surface area contributed by atoms with Gasteiger partial charge < -0.3 is 13.4 Å². The second-order valence-electron chi connectivity index (χ2n) is 14.7. The van der Waals surface area contributed by atoms with Crippen LogP contribution in [0.2, 0.25) is 0 Å². The Labute approximate surface area is 327 Å². The molecule has 4 aromatic heterocycles. The number of hydrogen-bond acceptors (Lipinski definition) is 3. The van der Waals surface area contributed by atoms with Gasteiger partial charge in [0.15, 0.2) is 0 Å². The summed E-state index contributed by atoms with van der Waals surface area (Å²) < 4.78 is 15.2. The number of furan rings is 2. The standard InChI is InChI=1S/C53H32N2O2/c1-2-11-33(12-3-1)34-21-23-35(24-22-34)37-31-44(54-45(32-37)41-17-10-16-40-39-13-5-8-19-48(39)57-53(40)41)36-25-27-38(28-26-36)55-46-18-7-4-14-42(46)51-47(55)29-30-50-52(51)43-15-6-9-20-49(43)56-50/h1-32H. The fraction of sp³-hybridized carbons (Fsp3) is 0. The normalized spacial score (nSPS) is 11.9. The van der Waals surface area contributed by atoms with E-state index in [-0.39, 0.29) is 0 Å². The van der Waals surface area contributed by atoms with Gasteiger partial charge >= 0.3 is 0 Å². The van der Waals surface area contributed by atoms with Crippen molar-refractivity contribution in [1.29, 1.82) is 0 Å². The molecule has 0 aliphatic rings. The summed E-state index contributed by atoms with van der Waals surface area (Å²) in [5.41, 5.74) is 15.2. The van der Waals surface area contributed by atoms with Crippen LogP contribution in [-0.4, -0.2) is 9.55 Å². The first-order chi connectivity index (χ1) is 28.2. The highest BCUT2D eigenvalue weighted by Crippen LogP contribution is 2.42. The third-order valence-electron chi connectivity index (χ3n) is 11.4. The van der Waals surface area contributed by atoms with Crippen LogP contribution < -0.4 is 0 Å². The number of rotatable bonds is 5. The molecule has 0 amide bonds. The molecule has 12 rings (SSSR count). The van der Waals surface area contributed by atoms with Crippen LogP contribution in [0.15, 0.2) is 203 Å². The SMILES string of the molecule is c1ccc(-c2ccc(-c3cc(-c4ccc(-n5c6ccccc6c6c7c(ccc65)oc5ccccc57)cc4)nc(-c4cccc5c4oc4ccccc45)c3)cc2)cc1. The van der Waals surface area contributed by atoms with E-state index in [1.54, 1.807) is 0 Å². The van der Waals surface area contributed by atoms with Gasteiger partial charge in [0.1, 0.15) is 22.3 Å². The Hall–Kier alpha value is -7.69. The first kappa shape index (κ1) is 31.6. The molecule has 0 spiro atoms. The number of nitrogens with zero attached hydrogens (tertiary/aromatic N) is 2. The molecular weight excluding hydrogens is 697 g/mol. The van der Waals surface area contributed by atoms with Crippen LogP contribution >= 0.6 is 0 Å². The van der Waals surface area contributed by atoms with E-state index in [1.807, 2.05) is 24.3 Å². The lowest BCUT2D eigenvalue weighted by Gasteiger charge is -2.13. The van der Waals surface area contributed by atoms with Crippen molar-refractivity contribution in [2.45, 2.75) is 0 Å². The maximum atomic E-state index is 6.52. The number of pyridine rings is 1. The Morgan fingerprint density at radius 3 is 1.77 bits per heavy atom. The first-order valence-electron chi connectivity index (χ1n) is 19.3. The molecule has 0 saturated carbocycles. The quantitative estimate of drug-likeness (QED) is 0.177. The highest BCUT2D eigenvalue weighted by Gasteiger charge is 2.20. The predicted octanol–water partition coefficient (Wildman–Crippen LogP) is 14.6. The third kappa shape index (κ3) is 4.98. The van der Waals surface area contributed by atoms with Gasteiger partial charge in [-0.1, -0.05) is 133 Å². The molecule has 0 fully saturated rings. The van der Waals surface area contributed by atoms with Crippen molar-refractivity contribution in [3.8, 4) is 50.5 Å². The zero-order valence-electron chi connectivity index (χ0n) is 30.7. The Kier molecular flexibility index (Phi) is 6.89. The van der Waals surface area contributed by atoms with Crippen LogP contribution in [0.25, 0.3) is 116 Å². The van der Waals surface area contributed by atoms with Crippen LogP contribution in [0.3, 0.4) is 0 Å². The molecule has 0 radical (unpaired) electrons. The molecule has 0 aliphatic heterocycles. The summed E-state index contributed by atoms with van der Waals surface area (Å²) in [4.78, 5) is 5.36. The van der Waals surface area contributed by atoms with Crippen molar-refractivity contribution in [3.63, 3.8) is 0 Å². The van der Waals surface area contributed by atoms with Gasteiger partial charge in [0.25, 0.3) is 0 Å². The van der Waals surface area contributed by atoms with Gasteiger partial charge in [-0.05, 0) is 82.9 Å². The third-order valence-corrected chi connectivity index (χ3v) is 11.4. The average Bonchev–Trinajstić information content (AvgIpc) is 3.96. The molecule has 4 nitrogen and oxygen atoms in total. The van der Waals surface area contributed by atoms with Gasteiger partial charge in [0.05, 0.1) is 22.4 Å². The lowest BCUT2D eigenvalue weighted by molar-refractivity contribution is 0.669. The highest BCUT2D eigenvalue weighted by atomic mass is 16.3. The van der Waals surface area contributed by atoms with Crippen molar-refractivity contribution >= 4 is 65.7 Å². The van der Waals surface area contributed by atoms with E-state index < -0.39 is 0 Å². The molecule has 0 bridgehead atoms. The Morgan fingerprint density at radius 2 is 0.965 bits per heavy atom. The molecule has 0 saturated heterocycles. The van der Waals surface area contributed by atoms with E-state index in [0.29, 0.717) is 0 Å². The zero-order chi connectivity index (χ0) is 37.5. The van der Waals surface area contributed by atoms with E-state index >= 15 is 0 Å². The molecule has 0 atom stereocenters. The van der Waals surface area contributed by atoms with E-state index in [9.17, 15) is 0 Å². The fourth-order valence-electron chi connectivity index (χ4n) is 8.75. The van der Waals surface area contributed by atoms with E-state index in [2.05, 4.69) is 174 Å². The van der Waals surface area contributed by atoms with E-state index in [1.165, 1.54) is 21.9 Å². The molecular formula is C53H32N2O2. The van der Waals surface area contributed by atoms with Crippen molar-refractivity contribution < 1.29 is 8.83 Å². The molecule has 8 aromatic carbocycles. The lowest BCUT2D eigenvalue weighted by atomic mass is 9.97. The summed E-state index contributed by atoms with van der Waals surface area (Å²) in [5, 5.41) is 6.87. The summed E-state index contributed by atoms with van der Waals surface area (Å²) in [6.45, 7) is 0. The van der Waals surface area contributed by atoms with Crippen LogP contribution in [-0.2, 0) is 0 Å². The molecule has 4 heterocycles. The van der Waals surface area contributed by atoms with Crippen molar-refractivity contribution in [2.75, 3.05) is 0 Å². The minimum Gasteiger partial charge on any atom is -0.456 e. The topological polar surface area (TPSA) is 44.1 Å². The summed E-state index contributed by atoms with van der Waals surface area (Å²) in [7, 11) is 0. The Balaban J connectivity index is 1.02. The smallest absolute Gasteiger partial charge is 0.144 e. The fourth-order valence-corrected chi connectivity index (χ4v) is 8.75. The first-order valence-corrected chi connectivity index (χ1v) is 19.3. The maximum absolute atomic E-state index is 6.52. The molecule has 0 N–H and O–H groups in total. The summed E-state index contributed by atoms with van der Waals surface area (Å²) in [6.07, 6.45) is 0. The van der Waals surface area contributed by atoms with Gasteiger partial charge in [-0.25, -0.2) is 4.98 Å². The molecule has 4 heteroatoms. The van der Waals surface area contributed by atoms with Gasteiger partial charge in [0.2, 0.25) is 0 Å². The molecule has 0 aliphatic carbocycles. The largest absolute Gasteiger partial charge is 0.456 e. The lowest BCUT2D eigenvalue weighted by Crippen LogP contribution is -1.95. The number of benzene rings is 8. The second kappa shape index (κ2) is 12.4. The minimum absolute atomic E-state index is 0.843. The van der Waals surface area contributed by atoms with Gasteiger partial charge in [-0.2, -0.15) is 0 Å². The van der Waals surface area contributed by atoms with Crippen LogP contribution in [0.1, 0.15) is 0 Å². The number of hydrogen-bond donors (Lipinski definition) is 0. The summed E-state index contributed by atoms with van der Waals surface area (Å²) in [6, 6.07) is 68.3. The number of fused-ring (bicyclic) bond motifs is 10. The predicted molar refractivity (Wildman–Crippen MR) is 235 cm³/mol.